The molecule has 0 saturated heterocycles. The molecule has 4 aromatic heterocycles. The summed E-state index contributed by atoms with van der Waals surface area (Å²) >= 11 is 0. The lowest BCUT2D eigenvalue weighted by molar-refractivity contribution is 0.465. The lowest BCUT2D eigenvalue weighted by atomic mass is 10.1. The van der Waals surface area contributed by atoms with Gasteiger partial charge >= 0.3 is 0 Å². The monoisotopic (exact) mass is 487 g/mol. The van der Waals surface area contributed by atoms with E-state index in [-0.39, 0.29) is 0 Å². The Morgan fingerprint density at radius 2 is 1.65 bits per heavy atom. The second kappa shape index (κ2) is 9.70. The third-order valence-corrected chi connectivity index (χ3v) is 5.65. The van der Waals surface area contributed by atoms with Gasteiger partial charge in [-0.05, 0) is 48.5 Å². The van der Waals surface area contributed by atoms with Crippen molar-refractivity contribution >= 4 is 28.2 Å². The Kier molecular flexibility index (Phi) is 5.80. The molecule has 180 valence electrons. The number of anilines is 3. The maximum atomic E-state index is 6.11. The van der Waals surface area contributed by atoms with Crippen molar-refractivity contribution in [2.24, 2.45) is 0 Å². The van der Waals surface area contributed by atoms with Gasteiger partial charge in [-0.2, -0.15) is 5.10 Å². The van der Waals surface area contributed by atoms with Crippen LogP contribution in [0, 0.1) is 0 Å². The van der Waals surface area contributed by atoms with Crippen LogP contribution in [0.4, 0.5) is 17.5 Å². The summed E-state index contributed by atoms with van der Waals surface area (Å²) in [5.74, 6) is 2.94. The van der Waals surface area contributed by atoms with Crippen LogP contribution in [-0.2, 0) is 0 Å². The highest BCUT2D eigenvalue weighted by atomic mass is 16.5. The van der Waals surface area contributed by atoms with E-state index in [0.29, 0.717) is 34.9 Å². The molecule has 6 aromatic rings. The molecule has 6 rings (SSSR count). The predicted molar refractivity (Wildman–Crippen MR) is 141 cm³/mol. The highest BCUT2D eigenvalue weighted by molar-refractivity contribution is 5.96. The minimum absolute atomic E-state index is 0.454. The number of rotatable bonds is 7. The topological polar surface area (TPSA) is 116 Å². The summed E-state index contributed by atoms with van der Waals surface area (Å²) in [7, 11) is 1.78. The van der Waals surface area contributed by atoms with Crippen LogP contribution in [0.15, 0.2) is 97.6 Å². The third-order valence-electron chi connectivity index (χ3n) is 5.65. The van der Waals surface area contributed by atoms with Gasteiger partial charge in [-0.1, -0.05) is 24.3 Å². The fourth-order valence-corrected chi connectivity index (χ4v) is 3.90. The molecule has 2 aromatic carbocycles. The van der Waals surface area contributed by atoms with Gasteiger partial charge in [0.1, 0.15) is 5.75 Å². The van der Waals surface area contributed by atoms with Gasteiger partial charge in [-0.15, -0.1) is 10.2 Å². The number of ether oxygens (including phenoxy) is 1. The van der Waals surface area contributed by atoms with Crippen molar-refractivity contribution in [1.29, 1.82) is 0 Å². The Balaban J connectivity index is 1.25. The molecule has 10 heteroatoms. The van der Waals surface area contributed by atoms with Crippen LogP contribution in [0.3, 0.4) is 0 Å². The van der Waals surface area contributed by atoms with Gasteiger partial charge in [0.15, 0.2) is 11.6 Å². The zero-order chi connectivity index (χ0) is 25.0. The van der Waals surface area contributed by atoms with Gasteiger partial charge in [0, 0.05) is 48.3 Å². The van der Waals surface area contributed by atoms with E-state index in [1.165, 1.54) is 0 Å². The first-order chi connectivity index (χ1) is 18.3. The Morgan fingerprint density at radius 3 is 2.46 bits per heavy atom. The van der Waals surface area contributed by atoms with E-state index >= 15 is 0 Å². The first-order valence-electron chi connectivity index (χ1n) is 11.5. The standard InChI is InChI=1S/C27H21N9O/c1-28-27-30-16-13-23(33-27)22-8-4-14-29-26(22)37-19-11-9-18(10-12-19)32-24-20-6-2-3-7-21(20)25(35-34-24)36-17-5-15-31-36/h2-17H,1H3,(H,32,34)(H,28,30,33). The molecule has 0 spiro atoms. The molecular weight excluding hydrogens is 466 g/mol. The maximum absolute atomic E-state index is 6.11. The number of benzene rings is 2. The molecule has 0 bridgehead atoms. The number of pyridine rings is 1. The van der Waals surface area contributed by atoms with Crippen LogP contribution in [0.25, 0.3) is 27.8 Å². The Morgan fingerprint density at radius 1 is 0.784 bits per heavy atom. The van der Waals surface area contributed by atoms with Crippen molar-refractivity contribution in [3.05, 3.63) is 97.6 Å². The molecule has 37 heavy (non-hydrogen) atoms. The Hall–Kier alpha value is -5.38. The van der Waals surface area contributed by atoms with E-state index in [9.17, 15) is 0 Å². The molecule has 0 atom stereocenters. The molecule has 0 aliphatic heterocycles. The Bertz CT molecular complexity index is 1670. The lowest BCUT2D eigenvalue weighted by Gasteiger charge is -2.12. The smallest absolute Gasteiger partial charge is 0.228 e. The molecule has 0 aliphatic carbocycles. The number of nitrogens with zero attached hydrogens (tertiary/aromatic N) is 7. The highest BCUT2D eigenvalue weighted by Gasteiger charge is 2.13. The van der Waals surface area contributed by atoms with Crippen LogP contribution in [0.1, 0.15) is 0 Å². The number of nitrogens with one attached hydrogen (secondary N) is 2. The first-order valence-corrected chi connectivity index (χ1v) is 11.5. The molecule has 0 amide bonds. The minimum atomic E-state index is 0.454. The number of hydrogen-bond donors (Lipinski definition) is 2. The van der Waals surface area contributed by atoms with Crippen molar-refractivity contribution in [2.75, 3.05) is 17.7 Å². The van der Waals surface area contributed by atoms with Gasteiger partial charge in [0.25, 0.3) is 0 Å². The van der Waals surface area contributed by atoms with Gasteiger partial charge in [0.05, 0.1) is 11.3 Å². The molecular formula is C27H21N9O. The average molecular weight is 488 g/mol. The second-order valence-electron chi connectivity index (χ2n) is 7.99. The van der Waals surface area contributed by atoms with Gasteiger partial charge in [-0.3, -0.25) is 0 Å². The molecule has 0 radical (unpaired) electrons. The molecule has 4 heterocycles. The van der Waals surface area contributed by atoms with E-state index in [1.54, 1.807) is 30.3 Å². The first kappa shape index (κ1) is 22.1. The van der Waals surface area contributed by atoms with Crippen LogP contribution < -0.4 is 15.4 Å². The summed E-state index contributed by atoms with van der Waals surface area (Å²) in [6, 6.07) is 23.0. The number of aromatic nitrogens is 7. The summed E-state index contributed by atoms with van der Waals surface area (Å²) < 4.78 is 7.82. The SMILES string of the molecule is CNc1nccc(-c2cccnc2Oc2ccc(Nc3nnc(-n4cccn4)c4ccccc34)cc2)n1. The molecule has 0 unspecified atom stereocenters. The van der Waals surface area contributed by atoms with E-state index in [1.807, 2.05) is 79.0 Å². The summed E-state index contributed by atoms with van der Waals surface area (Å²) in [5, 5.41) is 21.3. The average Bonchev–Trinajstić information content (AvgIpc) is 3.49. The summed E-state index contributed by atoms with van der Waals surface area (Å²) in [5.41, 5.74) is 2.32. The van der Waals surface area contributed by atoms with Crippen LogP contribution in [0.5, 0.6) is 11.6 Å². The normalized spacial score (nSPS) is 10.8. The maximum Gasteiger partial charge on any atom is 0.228 e. The highest BCUT2D eigenvalue weighted by Crippen LogP contribution is 2.32. The van der Waals surface area contributed by atoms with Crippen LogP contribution in [-0.4, -0.2) is 42.0 Å². The number of hydrogen-bond acceptors (Lipinski definition) is 9. The van der Waals surface area contributed by atoms with Crippen molar-refractivity contribution < 1.29 is 4.74 Å². The third kappa shape index (κ3) is 4.50. The second-order valence-corrected chi connectivity index (χ2v) is 7.99. The van der Waals surface area contributed by atoms with Crippen molar-refractivity contribution in [3.8, 4) is 28.7 Å². The molecule has 10 nitrogen and oxygen atoms in total. The number of fused-ring (bicyclic) bond motifs is 1. The molecule has 0 saturated carbocycles. The fourth-order valence-electron chi connectivity index (χ4n) is 3.90. The van der Waals surface area contributed by atoms with Crippen LogP contribution in [0.2, 0.25) is 0 Å². The van der Waals surface area contributed by atoms with E-state index < -0.39 is 0 Å². The predicted octanol–water partition coefficient (Wildman–Crippen LogP) is 5.25. The van der Waals surface area contributed by atoms with E-state index in [2.05, 4.69) is 40.9 Å². The molecule has 0 fully saturated rings. The summed E-state index contributed by atoms with van der Waals surface area (Å²) in [4.78, 5) is 13.1. The van der Waals surface area contributed by atoms with E-state index in [4.69, 9.17) is 4.74 Å². The molecule has 0 aliphatic rings. The molecule has 2 N–H and O–H groups in total. The van der Waals surface area contributed by atoms with Gasteiger partial charge in [0.2, 0.25) is 11.8 Å². The zero-order valence-electron chi connectivity index (χ0n) is 19.8. The van der Waals surface area contributed by atoms with Crippen molar-refractivity contribution in [2.45, 2.75) is 0 Å². The largest absolute Gasteiger partial charge is 0.438 e. The minimum Gasteiger partial charge on any atom is -0.438 e. The summed E-state index contributed by atoms with van der Waals surface area (Å²) in [6.45, 7) is 0. The summed E-state index contributed by atoms with van der Waals surface area (Å²) in [6.07, 6.45) is 6.94. The van der Waals surface area contributed by atoms with Crippen LogP contribution >= 0.6 is 0 Å². The van der Waals surface area contributed by atoms with Gasteiger partial charge < -0.3 is 15.4 Å². The zero-order valence-corrected chi connectivity index (χ0v) is 19.8. The fraction of sp³-hybridized carbons (Fsp3) is 0.0370. The quantitative estimate of drug-likeness (QED) is 0.312. The van der Waals surface area contributed by atoms with Gasteiger partial charge in [-0.25, -0.2) is 19.6 Å². The lowest BCUT2D eigenvalue weighted by Crippen LogP contribution is -2.04. The Labute approximate surface area is 212 Å². The van der Waals surface area contributed by atoms with Crippen molar-refractivity contribution in [3.63, 3.8) is 0 Å². The van der Waals surface area contributed by atoms with E-state index in [0.717, 1.165) is 22.0 Å². The van der Waals surface area contributed by atoms with Crippen molar-refractivity contribution in [1.82, 2.24) is 34.9 Å².